The lowest BCUT2D eigenvalue weighted by molar-refractivity contribution is -0.138. The highest BCUT2D eigenvalue weighted by Crippen LogP contribution is 2.28. The molecule has 1 heterocycles. The Morgan fingerprint density at radius 2 is 2.19 bits per heavy atom. The van der Waals surface area contributed by atoms with E-state index in [1.165, 1.54) is 25.7 Å². The summed E-state index contributed by atoms with van der Waals surface area (Å²) >= 11 is 1.73. The van der Waals surface area contributed by atoms with E-state index in [0.717, 1.165) is 24.0 Å². The van der Waals surface area contributed by atoms with Gasteiger partial charge in [0, 0.05) is 24.6 Å². The predicted molar refractivity (Wildman–Crippen MR) is 84.6 cm³/mol. The Balaban J connectivity index is 1.81. The number of nitrogens with zero attached hydrogens (tertiary/aromatic N) is 1. The molecule has 0 aromatic carbocycles. The van der Waals surface area contributed by atoms with Crippen LogP contribution in [-0.4, -0.2) is 52.6 Å². The van der Waals surface area contributed by atoms with E-state index >= 15 is 0 Å². The molecule has 1 aliphatic heterocycles. The standard InChI is InChI=1S/C15H26N2O3S/c1-11-3-2-4-12(7-11)9-16-15(20)17-5-6-21-10-13(17)8-14(18)19/h11-13H,2-10H2,1H3,(H,16,20)(H,18,19). The van der Waals surface area contributed by atoms with Gasteiger partial charge in [0.05, 0.1) is 12.5 Å². The van der Waals surface area contributed by atoms with Crippen LogP contribution in [0, 0.1) is 11.8 Å². The topological polar surface area (TPSA) is 69.6 Å². The third-order valence-electron chi connectivity index (χ3n) is 4.49. The van der Waals surface area contributed by atoms with Crippen molar-refractivity contribution in [3.8, 4) is 0 Å². The van der Waals surface area contributed by atoms with E-state index in [-0.39, 0.29) is 18.5 Å². The molecular formula is C15H26N2O3S. The van der Waals surface area contributed by atoms with E-state index in [1.54, 1.807) is 16.7 Å². The fraction of sp³-hybridized carbons (Fsp3) is 0.867. The van der Waals surface area contributed by atoms with Crippen LogP contribution < -0.4 is 5.32 Å². The molecule has 5 nitrogen and oxygen atoms in total. The van der Waals surface area contributed by atoms with E-state index in [0.29, 0.717) is 12.5 Å². The number of rotatable bonds is 4. The first kappa shape index (κ1) is 16.5. The molecule has 0 spiro atoms. The molecule has 21 heavy (non-hydrogen) atoms. The van der Waals surface area contributed by atoms with Crippen LogP contribution in [0.4, 0.5) is 4.79 Å². The highest BCUT2D eigenvalue weighted by Gasteiger charge is 2.29. The Kier molecular flexibility index (Phi) is 6.21. The minimum Gasteiger partial charge on any atom is -0.481 e. The lowest BCUT2D eigenvalue weighted by Gasteiger charge is -2.35. The van der Waals surface area contributed by atoms with Gasteiger partial charge in [-0.3, -0.25) is 4.79 Å². The number of thioether (sulfide) groups is 1. The largest absolute Gasteiger partial charge is 0.481 e. The second kappa shape index (κ2) is 7.92. The molecule has 1 aliphatic carbocycles. The maximum Gasteiger partial charge on any atom is 0.317 e. The van der Waals surface area contributed by atoms with Crippen molar-refractivity contribution in [1.29, 1.82) is 0 Å². The molecule has 6 heteroatoms. The summed E-state index contributed by atoms with van der Waals surface area (Å²) in [5, 5.41) is 12.0. The Morgan fingerprint density at radius 1 is 1.38 bits per heavy atom. The first-order chi connectivity index (χ1) is 10.1. The van der Waals surface area contributed by atoms with Crippen LogP contribution in [0.1, 0.15) is 39.0 Å². The van der Waals surface area contributed by atoms with Crippen molar-refractivity contribution in [1.82, 2.24) is 10.2 Å². The van der Waals surface area contributed by atoms with E-state index < -0.39 is 5.97 Å². The van der Waals surface area contributed by atoms with Crippen molar-refractivity contribution in [2.45, 2.75) is 45.1 Å². The maximum atomic E-state index is 12.3. The van der Waals surface area contributed by atoms with Crippen molar-refractivity contribution >= 4 is 23.8 Å². The van der Waals surface area contributed by atoms with Gasteiger partial charge in [-0.2, -0.15) is 11.8 Å². The van der Waals surface area contributed by atoms with Gasteiger partial charge in [-0.15, -0.1) is 0 Å². The highest BCUT2D eigenvalue weighted by atomic mass is 32.2. The smallest absolute Gasteiger partial charge is 0.317 e. The maximum absolute atomic E-state index is 12.3. The van der Waals surface area contributed by atoms with Gasteiger partial charge in [0.15, 0.2) is 0 Å². The number of aliphatic carboxylic acids is 1. The molecule has 1 saturated carbocycles. The molecule has 1 saturated heterocycles. The summed E-state index contributed by atoms with van der Waals surface area (Å²) in [7, 11) is 0. The second-order valence-electron chi connectivity index (χ2n) is 6.34. The molecule has 0 radical (unpaired) electrons. The first-order valence-corrected chi connectivity index (χ1v) is 9.05. The van der Waals surface area contributed by atoms with Crippen molar-refractivity contribution in [2.75, 3.05) is 24.6 Å². The molecular weight excluding hydrogens is 288 g/mol. The summed E-state index contributed by atoms with van der Waals surface area (Å²) in [4.78, 5) is 25.0. The molecule has 0 aromatic heterocycles. The van der Waals surface area contributed by atoms with E-state index in [9.17, 15) is 9.59 Å². The van der Waals surface area contributed by atoms with E-state index in [2.05, 4.69) is 12.2 Å². The number of nitrogens with one attached hydrogen (secondary N) is 1. The van der Waals surface area contributed by atoms with E-state index in [1.807, 2.05) is 0 Å². The van der Waals surface area contributed by atoms with Crippen LogP contribution in [0.15, 0.2) is 0 Å². The zero-order chi connectivity index (χ0) is 15.2. The summed E-state index contributed by atoms with van der Waals surface area (Å²) in [5.41, 5.74) is 0. The molecule has 2 aliphatic rings. The van der Waals surface area contributed by atoms with Gasteiger partial charge in [0.2, 0.25) is 0 Å². The van der Waals surface area contributed by atoms with Crippen LogP contribution in [0.3, 0.4) is 0 Å². The van der Waals surface area contributed by atoms with Gasteiger partial charge in [-0.25, -0.2) is 4.79 Å². The van der Waals surface area contributed by atoms with Crippen molar-refractivity contribution in [2.24, 2.45) is 11.8 Å². The molecule has 2 amide bonds. The Labute approximate surface area is 130 Å². The number of hydrogen-bond donors (Lipinski definition) is 2. The number of amides is 2. The van der Waals surface area contributed by atoms with Crippen LogP contribution in [-0.2, 0) is 4.79 Å². The Morgan fingerprint density at radius 3 is 2.90 bits per heavy atom. The zero-order valence-electron chi connectivity index (χ0n) is 12.7. The summed E-state index contributed by atoms with van der Waals surface area (Å²) in [6.45, 7) is 3.65. The SMILES string of the molecule is CC1CCCC(CNC(=O)N2CCSCC2CC(=O)O)C1. The third-order valence-corrected chi connectivity index (χ3v) is 5.58. The van der Waals surface area contributed by atoms with Crippen LogP contribution in [0.5, 0.6) is 0 Å². The number of carbonyl (C=O) groups excluding carboxylic acids is 1. The van der Waals surface area contributed by atoms with Gasteiger partial charge in [0.25, 0.3) is 0 Å². The van der Waals surface area contributed by atoms with Crippen LogP contribution in [0.2, 0.25) is 0 Å². The van der Waals surface area contributed by atoms with Gasteiger partial charge in [-0.05, 0) is 24.7 Å². The molecule has 2 fully saturated rings. The number of carboxylic acid groups (broad SMARTS) is 1. The number of carboxylic acids is 1. The molecule has 0 aromatic rings. The summed E-state index contributed by atoms with van der Waals surface area (Å²) in [6.07, 6.45) is 4.98. The fourth-order valence-electron chi connectivity index (χ4n) is 3.37. The zero-order valence-corrected chi connectivity index (χ0v) is 13.5. The lowest BCUT2D eigenvalue weighted by Crippen LogP contribution is -2.52. The van der Waals surface area contributed by atoms with Crippen molar-refractivity contribution < 1.29 is 14.7 Å². The van der Waals surface area contributed by atoms with Crippen molar-refractivity contribution in [3.63, 3.8) is 0 Å². The number of hydrogen-bond acceptors (Lipinski definition) is 3. The Hall–Kier alpha value is -0.910. The van der Waals surface area contributed by atoms with Gasteiger partial charge in [0.1, 0.15) is 0 Å². The van der Waals surface area contributed by atoms with Crippen LogP contribution >= 0.6 is 11.8 Å². The molecule has 3 atom stereocenters. The first-order valence-electron chi connectivity index (χ1n) is 7.90. The lowest BCUT2D eigenvalue weighted by atomic mass is 9.82. The molecule has 2 N–H and O–H groups in total. The van der Waals surface area contributed by atoms with Crippen molar-refractivity contribution in [3.05, 3.63) is 0 Å². The predicted octanol–water partition coefficient (Wildman–Crippen LogP) is 2.41. The normalized spacial score (nSPS) is 30.0. The minimum atomic E-state index is -0.832. The molecule has 0 bridgehead atoms. The molecule has 3 unspecified atom stereocenters. The Bertz CT molecular complexity index is 378. The highest BCUT2D eigenvalue weighted by molar-refractivity contribution is 7.99. The fourth-order valence-corrected chi connectivity index (χ4v) is 4.43. The summed E-state index contributed by atoms with van der Waals surface area (Å²) in [5.74, 6) is 2.12. The van der Waals surface area contributed by atoms with Crippen LogP contribution in [0.25, 0.3) is 0 Å². The summed E-state index contributed by atoms with van der Waals surface area (Å²) < 4.78 is 0. The molecule has 120 valence electrons. The van der Waals surface area contributed by atoms with Gasteiger partial charge < -0.3 is 15.3 Å². The number of carbonyl (C=O) groups is 2. The average Bonchev–Trinajstić information content (AvgIpc) is 2.45. The minimum absolute atomic E-state index is 0.0425. The monoisotopic (exact) mass is 314 g/mol. The average molecular weight is 314 g/mol. The van der Waals surface area contributed by atoms with Gasteiger partial charge in [-0.1, -0.05) is 19.8 Å². The quantitative estimate of drug-likeness (QED) is 0.836. The van der Waals surface area contributed by atoms with E-state index in [4.69, 9.17) is 5.11 Å². The van der Waals surface area contributed by atoms with Gasteiger partial charge >= 0.3 is 12.0 Å². The third kappa shape index (κ3) is 5.09. The molecule has 2 rings (SSSR count). The second-order valence-corrected chi connectivity index (χ2v) is 7.49. The number of urea groups is 1. The summed E-state index contributed by atoms with van der Waals surface area (Å²) in [6, 6.07) is -0.258.